The predicted molar refractivity (Wildman–Crippen MR) is 254 cm³/mol. The summed E-state index contributed by atoms with van der Waals surface area (Å²) in [5.74, 6) is -1.58. The van der Waals surface area contributed by atoms with Gasteiger partial charge in [-0.1, -0.05) is 77.9 Å². The number of nitrogens with zero attached hydrogens (tertiary/aromatic N) is 2. The number of nitriles is 2. The third-order valence-electron chi connectivity index (χ3n) is 8.93. The van der Waals surface area contributed by atoms with Crippen molar-refractivity contribution in [2.75, 3.05) is 26.2 Å². The Morgan fingerprint density at radius 3 is 1.74 bits per heavy atom. The highest BCUT2D eigenvalue weighted by molar-refractivity contribution is 6.01. The number of hydrogen-bond donors (Lipinski definition) is 7. The number of H-pyrrole nitrogens is 1. The minimum absolute atomic E-state index is 0. The summed E-state index contributed by atoms with van der Waals surface area (Å²) in [5, 5.41) is 33.6. The number of hydrogen-bond acceptors (Lipinski definition) is 10. The summed E-state index contributed by atoms with van der Waals surface area (Å²) in [7, 11) is 0. The number of carbonyl (C=O) groups is 6. The number of rotatable bonds is 14. The number of aromatic nitrogens is 1. The van der Waals surface area contributed by atoms with Crippen LogP contribution in [0.15, 0.2) is 54.6 Å². The fourth-order valence-electron chi connectivity index (χ4n) is 6.11. The van der Waals surface area contributed by atoms with Crippen LogP contribution in [-0.4, -0.2) is 85.2 Å². The van der Waals surface area contributed by atoms with Gasteiger partial charge in [0.15, 0.2) is 0 Å². The Balaban J connectivity index is -0.000000250. The molecule has 1 aromatic heterocycles. The van der Waals surface area contributed by atoms with Crippen molar-refractivity contribution < 1.29 is 61.4 Å². The predicted octanol–water partition coefficient (Wildman–Crippen LogP) is 7.61. The first-order chi connectivity index (χ1) is 31.2. The molecule has 2 saturated heterocycles. The summed E-state index contributed by atoms with van der Waals surface area (Å²) in [4.78, 5) is 74.1. The first kappa shape index (κ1) is 55.3. The molecule has 374 valence electrons. The average Bonchev–Trinajstić information content (AvgIpc) is 3.71. The lowest BCUT2D eigenvalue weighted by Crippen LogP contribution is -2.44. The quantitative estimate of drug-likeness (QED) is 0.0833. The fourth-order valence-corrected chi connectivity index (χ4v) is 6.11. The van der Waals surface area contributed by atoms with E-state index in [0.717, 1.165) is 36.3 Å². The molecule has 0 spiro atoms. The molecule has 4 atom stereocenters. The number of nitrogens with one attached hydrogen (secondary N) is 7. The summed E-state index contributed by atoms with van der Waals surface area (Å²) in [6.07, 6.45) is -2.22. The maximum Gasteiger partial charge on any atom is 0.573 e. The van der Waals surface area contributed by atoms with Crippen LogP contribution in [-0.2, 0) is 30.5 Å². The molecule has 6 amide bonds. The van der Waals surface area contributed by atoms with Crippen molar-refractivity contribution in [1.29, 1.82) is 10.5 Å². The van der Waals surface area contributed by atoms with Gasteiger partial charge in [0.05, 0.1) is 18.7 Å². The van der Waals surface area contributed by atoms with Crippen molar-refractivity contribution in [1.82, 2.24) is 36.9 Å². The first-order valence-corrected chi connectivity index (χ1v) is 21.7. The van der Waals surface area contributed by atoms with Crippen molar-refractivity contribution in [2.45, 2.75) is 105 Å². The third-order valence-corrected chi connectivity index (χ3v) is 8.93. The highest BCUT2D eigenvalue weighted by atomic mass is 19.4. The largest absolute Gasteiger partial charge is 0.573 e. The maximum atomic E-state index is 12.5. The number of fused-ring (bicyclic) bond motifs is 1. The van der Waals surface area contributed by atoms with Crippen molar-refractivity contribution >= 4 is 46.5 Å². The highest BCUT2D eigenvalue weighted by Crippen LogP contribution is 2.31. The Bertz CT molecular complexity index is 2140. The van der Waals surface area contributed by atoms with Gasteiger partial charge in [0.25, 0.3) is 5.91 Å². The SMILES string of the molecule is CC(C)C.CC(C)C.N#C[C@H](C[C@@H]1CCCNC1=O)NC(=O)CNC(=O)OCc1ccccc1.N#C[C@H](C[C@@H]1CCCNC1=O)NC(=O)CNC(=O)c1cc2c(OC(F)(F)F)cccc2[nH]1.[HH].[HH].[HH].[HH].[HH].[HH].[HH]. The molecular formula is C46H76F3N9O8. The summed E-state index contributed by atoms with van der Waals surface area (Å²) >= 11 is 0. The van der Waals surface area contributed by atoms with Crippen LogP contribution in [0.1, 0.15) is 106 Å². The molecule has 2 aliphatic rings. The van der Waals surface area contributed by atoms with Gasteiger partial charge in [0.1, 0.15) is 36.7 Å². The van der Waals surface area contributed by atoms with E-state index in [2.05, 4.69) is 83.2 Å². The normalized spacial score (nSPS) is 16.3. The topological polar surface area (TPSA) is 256 Å². The van der Waals surface area contributed by atoms with Gasteiger partial charge in [-0.15, -0.1) is 13.2 Å². The van der Waals surface area contributed by atoms with Gasteiger partial charge in [-0.25, -0.2) is 4.79 Å². The van der Waals surface area contributed by atoms with Gasteiger partial charge >= 0.3 is 12.5 Å². The molecule has 7 N–H and O–H groups in total. The Hall–Kier alpha value is -6.83. The number of alkyl halides is 3. The van der Waals surface area contributed by atoms with E-state index >= 15 is 0 Å². The molecule has 0 unspecified atom stereocenters. The lowest BCUT2D eigenvalue weighted by Gasteiger charge is -2.23. The molecule has 3 heterocycles. The van der Waals surface area contributed by atoms with Gasteiger partial charge in [0.2, 0.25) is 23.6 Å². The third kappa shape index (κ3) is 22.7. The zero-order chi connectivity index (χ0) is 49.2. The number of carbonyl (C=O) groups excluding carboxylic acids is 6. The number of amides is 6. The van der Waals surface area contributed by atoms with E-state index in [1.807, 2.05) is 42.5 Å². The Morgan fingerprint density at radius 2 is 1.27 bits per heavy atom. The number of halogens is 3. The van der Waals surface area contributed by atoms with Gasteiger partial charge in [-0.3, -0.25) is 24.0 Å². The van der Waals surface area contributed by atoms with E-state index < -0.39 is 54.6 Å². The van der Waals surface area contributed by atoms with Crippen LogP contribution in [0.5, 0.6) is 5.75 Å². The fraction of sp³-hybridized carbons (Fsp3) is 0.522. The lowest BCUT2D eigenvalue weighted by molar-refractivity contribution is -0.274. The smallest absolute Gasteiger partial charge is 0.445 e. The monoisotopic (exact) mass is 940 g/mol. The molecule has 2 aromatic carbocycles. The first-order valence-electron chi connectivity index (χ1n) is 21.7. The van der Waals surface area contributed by atoms with E-state index in [0.29, 0.717) is 25.9 Å². The minimum atomic E-state index is -4.89. The van der Waals surface area contributed by atoms with Gasteiger partial charge in [0, 0.05) is 45.8 Å². The van der Waals surface area contributed by atoms with Crippen LogP contribution in [0, 0.1) is 46.3 Å². The van der Waals surface area contributed by atoms with Crippen LogP contribution in [0.4, 0.5) is 18.0 Å². The van der Waals surface area contributed by atoms with E-state index in [4.69, 9.17) is 4.74 Å². The summed E-state index contributed by atoms with van der Waals surface area (Å²) < 4.78 is 46.6. The van der Waals surface area contributed by atoms with Gasteiger partial charge in [-0.05, 0) is 74.1 Å². The van der Waals surface area contributed by atoms with Crippen LogP contribution in [0.25, 0.3) is 10.9 Å². The van der Waals surface area contributed by atoms with E-state index in [1.165, 1.54) is 18.2 Å². The number of aromatic amines is 1. The number of alkyl carbamates (subject to hydrolysis) is 1. The summed E-state index contributed by atoms with van der Waals surface area (Å²) in [6.45, 7) is 13.6. The molecule has 2 aliphatic heterocycles. The summed E-state index contributed by atoms with van der Waals surface area (Å²) in [6, 6.07) is 16.5. The van der Waals surface area contributed by atoms with Crippen molar-refractivity contribution in [3.05, 3.63) is 65.9 Å². The van der Waals surface area contributed by atoms with Crippen LogP contribution < -0.4 is 36.6 Å². The molecule has 0 bridgehead atoms. The molecule has 0 saturated carbocycles. The second-order valence-electron chi connectivity index (χ2n) is 16.7. The highest BCUT2D eigenvalue weighted by Gasteiger charge is 2.32. The zero-order valence-electron chi connectivity index (χ0n) is 38.2. The van der Waals surface area contributed by atoms with Crippen molar-refractivity contribution in [3.63, 3.8) is 0 Å². The van der Waals surface area contributed by atoms with E-state index in [9.17, 15) is 52.5 Å². The maximum absolute atomic E-state index is 12.5. The molecule has 66 heavy (non-hydrogen) atoms. The molecule has 3 aromatic rings. The standard InChI is InChI=1S/C20H20F3N5O4.C18H22N4O4.2C4H10.7H2/c21-20(22,23)32-16-5-1-4-14-13(16)8-15(28-14)19(31)26-10-17(29)27-12(9-24)7-11-3-2-6-25-18(11)30;19-10-15(9-14-7-4-8-20-17(14)24)22-16(23)11-21-18(25)26-12-13-5-2-1-3-6-13;2*1-4(2)3;;;;;;;/h1,4-5,8,11-12,28H,2-3,6-7,10H2,(H,25,30)(H,26,31)(H,27,29);1-3,5-6,14-15H,4,7-9,11-12H2,(H,20,24)(H,21,25)(H,22,23);2*4H,1-3H3;7*1H/t11-,12-;14-,15-;;;;;;;;;/m00........./s1. The molecule has 0 radical (unpaired) electrons. The second kappa shape index (κ2) is 28.9. The summed E-state index contributed by atoms with van der Waals surface area (Å²) in [5.41, 5.74) is 1.01. The molecule has 17 nitrogen and oxygen atoms in total. The Kier molecular flexibility index (Phi) is 24.2. The Labute approximate surface area is 393 Å². The van der Waals surface area contributed by atoms with Crippen LogP contribution in [0.3, 0.4) is 0 Å². The zero-order valence-corrected chi connectivity index (χ0v) is 38.2. The van der Waals surface area contributed by atoms with Crippen LogP contribution >= 0.6 is 0 Å². The molecule has 20 heteroatoms. The van der Waals surface area contributed by atoms with Crippen LogP contribution in [0.2, 0.25) is 0 Å². The second-order valence-corrected chi connectivity index (χ2v) is 16.7. The van der Waals surface area contributed by atoms with Gasteiger partial charge < -0.3 is 46.4 Å². The van der Waals surface area contributed by atoms with E-state index in [1.54, 1.807) is 0 Å². The van der Waals surface area contributed by atoms with E-state index in [-0.39, 0.29) is 76.2 Å². The van der Waals surface area contributed by atoms with Crippen molar-refractivity contribution in [3.8, 4) is 17.9 Å². The molecular weight excluding hydrogens is 864 g/mol. The average molecular weight is 940 g/mol. The molecule has 0 aliphatic carbocycles. The Morgan fingerprint density at radius 1 is 0.773 bits per heavy atom. The number of benzene rings is 2. The number of piperidine rings is 2. The minimum Gasteiger partial charge on any atom is -0.445 e. The molecule has 2 fully saturated rings. The van der Waals surface area contributed by atoms with Crippen molar-refractivity contribution in [2.24, 2.45) is 23.7 Å². The molecule has 5 rings (SSSR count). The number of ether oxygens (including phenoxy) is 2. The van der Waals surface area contributed by atoms with Gasteiger partial charge in [-0.2, -0.15) is 10.5 Å². The lowest BCUT2D eigenvalue weighted by atomic mass is 9.92.